The van der Waals surface area contributed by atoms with Gasteiger partial charge in [0.05, 0.1) is 23.4 Å². The number of nitrogens with zero attached hydrogens (tertiary/aromatic N) is 7. The third-order valence-corrected chi connectivity index (χ3v) is 10.9. The van der Waals surface area contributed by atoms with Crippen molar-refractivity contribution in [1.82, 2.24) is 30.0 Å². The number of fused-ring (bicyclic) bond motifs is 2. The fourth-order valence-corrected chi connectivity index (χ4v) is 8.00. The summed E-state index contributed by atoms with van der Waals surface area (Å²) < 4.78 is 41.4. The van der Waals surface area contributed by atoms with Crippen LogP contribution < -0.4 is 20.4 Å². The molecule has 12 nitrogen and oxygen atoms in total. The molecule has 54 heavy (non-hydrogen) atoms. The standard InChI is InChI=1S/C39H40F3N9O3/c1-24-18-32-26(19-31(24)45-37(53)30-5-3-7-35(44-30)39(40,41)42)23-51(47-32)27-10-8-25(9-11-27)22-48-14-16-49(17-15-48)33-6-2-4-28-29(33)20-43-21-34(28)50-13-12-36(52)46-38(50)54/h2-7,18-21,23,25,27H,8-17,22H2,1H3,(H,45,53)(H,46,52,54)/t25-,27-. The zero-order valence-electron chi connectivity index (χ0n) is 29.8. The third kappa shape index (κ3) is 7.19. The number of halogens is 3. The van der Waals surface area contributed by atoms with Crippen molar-refractivity contribution in [3.8, 4) is 0 Å². The molecule has 3 aliphatic rings. The number of carbonyl (C=O) groups excluding carboxylic acids is 3. The van der Waals surface area contributed by atoms with E-state index in [2.05, 4.69) is 36.5 Å². The molecule has 1 saturated carbocycles. The summed E-state index contributed by atoms with van der Waals surface area (Å²) in [5, 5.41) is 12.8. The van der Waals surface area contributed by atoms with E-state index < -0.39 is 23.8 Å². The number of imide groups is 1. The highest BCUT2D eigenvalue weighted by atomic mass is 19.4. The minimum atomic E-state index is -4.64. The van der Waals surface area contributed by atoms with Gasteiger partial charge < -0.3 is 10.2 Å². The van der Waals surface area contributed by atoms with Crippen molar-refractivity contribution in [2.24, 2.45) is 5.92 Å². The summed E-state index contributed by atoms with van der Waals surface area (Å²) in [6, 6.07) is 12.9. The molecule has 8 rings (SSSR count). The second-order valence-electron chi connectivity index (χ2n) is 14.4. The summed E-state index contributed by atoms with van der Waals surface area (Å²) in [7, 11) is 0. The lowest BCUT2D eigenvalue weighted by Crippen LogP contribution is -2.49. The first-order valence-corrected chi connectivity index (χ1v) is 18.3. The monoisotopic (exact) mass is 739 g/mol. The highest BCUT2D eigenvalue weighted by molar-refractivity contribution is 6.11. The second-order valence-corrected chi connectivity index (χ2v) is 14.4. The average Bonchev–Trinajstić information content (AvgIpc) is 3.57. The first-order valence-electron chi connectivity index (χ1n) is 18.3. The van der Waals surface area contributed by atoms with Crippen LogP contribution in [0.15, 0.2) is 67.1 Å². The summed E-state index contributed by atoms with van der Waals surface area (Å²) in [5.41, 5.74) is 2.44. The van der Waals surface area contributed by atoms with Crippen molar-refractivity contribution in [2.75, 3.05) is 54.4 Å². The van der Waals surface area contributed by atoms with E-state index in [1.807, 2.05) is 48.3 Å². The minimum absolute atomic E-state index is 0.256. The van der Waals surface area contributed by atoms with Crippen molar-refractivity contribution >= 4 is 56.6 Å². The lowest BCUT2D eigenvalue weighted by molar-refractivity contribution is -0.141. The molecule has 0 spiro atoms. The highest BCUT2D eigenvalue weighted by Gasteiger charge is 2.33. The molecule has 2 saturated heterocycles. The maximum atomic E-state index is 13.1. The smallest absolute Gasteiger partial charge is 0.368 e. The number of aryl methyl sites for hydroxylation is 1. The van der Waals surface area contributed by atoms with Gasteiger partial charge in [0.1, 0.15) is 11.4 Å². The minimum Gasteiger partial charge on any atom is -0.368 e. The Labute approximate surface area is 309 Å². The Morgan fingerprint density at radius 2 is 1.70 bits per heavy atom. The van der Waals surface area contributed by atoms with E-state index in [0.29, 0.717) is 23.8 Å². The summed E-state index contributed by atoms with van der Waals surface area (Å²) >= 11 is 0. The predicted molar refractivity (Wildman–Crippen MR) is 199 cm³/mol. The summed E-state index contributed by atoms with van der Waals surface area (Å²) in [4.78, 5) is 51.6. The zero-order chi connectivity index (χ0) is 37.6. The van der Waals surface area contributed by atoms with Crippen LogP contribution in [-0.2, 0) is 11.0 Å². The lowest BCUT2D eigenvalue weighted by Gasteiger charge is -2.39. The Morgan fingerprint density at radius 3 is 2.46 bits per heavy atom. The molecule has 0 bridgehead atoms. The summed E-state index contributed by atoms with van der Waals surface area (Å²) in [6.45, 7) is 6.88. The number of hydrogen-bond acceptors (Lipinski definition) is 8. The molecule has 5 heterocycles. The van der Waals surface area contributed by atoms with Crippen LogP contribution >= 0.6 is 0 Å². The first kappa shape index (κ1) is 35.5. The van der Waals surface area contributed by atoms with Gasteiger partial charge in [0.25, 0.3) is 5.91 Å². The molecule has 4 amide bonds. The van der Waals surface area contributed by atoms with E-state index in [1.165, 1.54) is 12.1 Å². The van der Waals surface area contributed by atoms with Crippen LogP contribution in [0, 0.1) is 12.8 Å². The Kier molecular flexibility index (Phi) is 9.42. The molecule has 0 unspecified atom stereocenters. The van der Waals surface area contributed by atoms with Gasteiger partial charge in [-0.2, -0.15) is 18.3 Å². The Balaban J connectivity index is 0.857. The molecule has 3 fully saturated rings. The number of alkyl halides is 3. The van der Waals surface area contributed by atoms with Gasteiger partial charge in [-0.15, -0.1) is 0 Å². The molecule has 15 heteroatoms. The molecule has 280 valence electrons. The van der Waals surface area contributed by atoms with E-state index in [0.717, 1.165) is 97.4 Å². The fraction of sp³-hybridized carbons (Fsp3) is 0.385. The SMILES string of the molecule is Cc1cc2nn([C@H]3CC[C@H](CN4CCN(c5cccc6c(N7CCC(=O)NC7=O)cncc56)CC4)CC3)cc2cc1NC(=O)c1cccc(C(F)(F)F)n1. The highest BCUT2D eigenvalue weighted by Crippen LogP contribution is 2.36. The van der Waals surface area contributed by atoms with Crippen molar-refractivity contribution in [3.05, 3.63) is 84.1 Å². The van der Waals surface area contributed by atoms with Crippen LogP contribution in [-0.4, -0.2) is 81.8 Å². The molecule has 2 aromatic carbocycles. The van der Waals surface area contributed by atoms with Crippen molar-refractivity contribution in [1.29, 1.82) is 0 Å². The van der Waals surface area contributed by atoms with Crippen LogP contribution in [0.4, 0.5) is 35.0 Å². The van der Waals surface area contributed by atoms with Crippen LogP contribution in [0.2, 0.25) is 0 Å². The van der Waals surface area contributed by atoms with Gasteiger partial charge in [0.15, 0.2) is 0 Å². The van der Waals surface area contributed by atoms with E-state index in [9.17, 15) is 27.6 Å². The predicted octanol–water partition coefficient (Wildman–Crippen LogP) is 6.56. The van der Waals surface area contributed by atoms with Gasteiger partial charge in [-0.05, 0) is 74.4 Å². The van der Waals surface area contributed by atoms with Crippen LogP contribution in [0.3, 0.4) is 0 Å². The number of urea groups is 1. The van der Waals surface area contributed by atoms with Crippen LogP contribution in [0.25, 0.3) is 21.7 Å². The number of benzene rings is 2. The topological polar surface area (TPSA) is 129 Å². The lowest BCUT2D eigenvalue weighted by atomic mass is 9.85. The van der Waals surface area contributed by atoms with Crippen LogP contribution in [0.1, 0.15) is 59.9 Å². The van der Waals surface area contributed by atoms with E-state index >= 15 is 0 Å². The van der Waals surface area contributed by atoms with E-state index in [1.54, 1.807) is 11.1 Å². The molecule has 2 N–H and O–H groups in total. The van der Waals surface area contributed by atoms with Crippen molar-refractivity contribution < 1.29 is 27.6 Å². The maximum Gasteiger partial charge on any atom is 0.433 e. The third-order valence-electron chi connectivity index (χ3n) is 10.9. The Morgan fingerprint density at radius 1 is 0.926 bits per heavy atom. The number of anilines is 3. The maximum absolute atomic E-state index is 13.1. The van der Waals surface area contributed by atoms with Crippen molar-refractivity contribution in [3.63, 3.8) is 0 Å². The Hall–Kier alpha value is -5.57. The normalized spacial score (nSPS) is 20.1. The van der Waals surface area contributed by atoms with E-state index in [4.69, 9.17) is 5.10 Å². The number of carbonyl (C=O) groups is 3. The number of rotatable bonds is 7. The number of hydrogen-bond donors (Lipinski definition) is 2. The largest absolute Gasteiger partial charge is 0.433 e. The molecule has 0 radical (unpaired) electrons. The average molecular weight is 740 g/mol. The number of piperazine rings is 1. The quantitative estimate of drug-likeness (QED) is 0.192. The van der Waals surface area contributed by atoms with Gasteiger partial charge in [0.2, 0.25) is 5.91 Å². The van der Waals surface area contributed by atoms with Crippen LogP contribution in [0.5, 0.6) is 0 Å². The fourth-order valence-electron chi connectivity index (χ4n) is 8.00. The number of nitrogens with one attached hydrogen (secondary N) is 2. The Bertz CT molecular complexity index is 2240. The molecular formula is C39H40F3N9O3. The van der Waals surface area contributed by atoms with Gasteiger partial charge >= 0.3 is 12.2 Å². The molecule has 0 atom stereocenters. The summed E-state index contributed by atoms with van der Waals surface area (Å²) in [5.74, 6) is -0.376. The summed E-state index contributed by atoms with van der Waals surface area (Å²) in [6.07, 6.45) is 5.37. The molecule has 5 aromatic rings. The van der Waals surface area contributed by atoms with Gasteiger partial charge in [-0.1, -0.05) is 18.2 Å². The van der Waals surface area contributed by atoms with Gasteiger partial charge in [0, 0.05) is 85.6 Å². The zero-order valence-corrected chi connectivity index (χ0v) is 29.8. The van der Waals surface area contributed by atoms with Crippen molar-refractivity contribution in [2.45, 2.75) is 51.2 Å². The molecule has 1 aliphatic carbocycles. The van der Waals surface area contributed by atoms with Gasteiger partial charge in [-0.3, -0.25) is 34.4 Å². The number of pyridine rings is 2. The van der Waals surface area contributed by atoms with E-state index in [-0.39, 0.29) is 24.1 Å². The number of aromatic nitrogens is 4. The number of amides is 4. The molecule has 2 aliphatic heterocycles. The molecular weight excluding hydrogens is 699 g/mol. The first-order chi connectivity index (χ1) is 26.0. The van der Waals surface area contributed by atoms with Gasteiger partial charge in [-0.25, -0.2) is 9.78 Å². The second kappa shape index (κ2) is 14.3. The molecule has 3 aromatic heterocycles.